The SMILES string of the molecule is COC1(C(C)(C)C)CC2CCC(C1)N2C. The predicted molar refractivity (Wildman–Crippen MR) is 63.0 cm³/mol. The molecule has 2 nitrogen and oxygen atoms in total. The standard InChI is InChI=1S/C13H25NO/c1-12(2,3)13(15-5)8-10-6-7-11(9-13)14(10)4/h10-11H,6-9H2,1-5H3. The van der Waals surface area contributed by atoms with Crippen molar-refractivity contribution in [1.29, 1.82) is 0 Å². The van der Waals surface area contributed by atoms with Gasteiger partial charge in [-0.1, -0.05) is 20.8 Å². The fraction of sp³-hybridized carbons (Fsp3) is 1.00. The minimum Gasteiger partial charge on any atom is -0.378 e. The molecular formula is C13H25NO. The van der Waals surface area contributed by atoms with Gasteiger partial charge in [-0.3, -0.25) is 0 Å². The first kappa shape index (κ1) is 11.4. The molecule has 0 aromatic heterocycles. The molecule has 0 spiro atoms. The topological polar surface area (TPSA) is 12.5 Å². The number of piperidine rings is 1. The molecular weight excluding hydrogens is 186 g/mol. The molecule has 2 unspecified atom stereocenters. The van der Waals surface area contributed by atoms with E-state index < -0.39 is 0 Å². The van der Waals surface area contributed by atoms with Crippen LogP contribution in [-0.2, 0) is 4.74 Å². The first-order chi connectivity index (χ1) is 6.89. The van der Waals surface area contributed by atoms with Gasteiger partial charge in [-0.25, -0.2) is 0 Å². The number of ether oxygens (including phenoxy) is 1. The minimum atomic E-state index is 0.103. The summed E-state index contributed by atoms with van der Waals surface area (Å²) in [5.41, 5.74) is 0.356. The third-order valence-corrected chi connectivity index (χ3v) is 4.87. The van der Waals surface area contributed by atoms with E-state index in [1.165, 1.54) is 25.7 Å². The summed E-state index contributed by atoms with van der Waals surface area (Å²) in [4.78, 5) is 2.57. The largest absolute Gasteiger partial charge is 0.378 e. The van der Waals surface area contributed by atoms with Crippen LogP contribution in [0, 0.1) is 5.41 Å². The number of hydrogen-bond donors (Lipinski definition) is 0. The molecule has 2 aliphatic rings. The Hall–Kier alpha value is -0.0800. The molecule has 0 N–H and O–H groups in total. The van der Waals surface area contributed by atoms with E-state index in [1.54, 1.807) is 0 Å². The average Bonchev–Trinajstić information content (AvgIpc) is 2.40. The van der Waals surface area contributed by atoms with Crippen LogP contribution in [0.15, 0.2) is 0 Å². The van der Waals surface area contributed by atoms with Crippen molar-refractivity contribution >= 4 is 0 Å². The molecule has 0 aromatic rings. The van der Waals surface area contributed by atoms with E-state index in [1.807, 2.05) is 7.11 Å². The summed E-state index contributed by atoms with van der Waals surface area (Å²) in [6.45, 7) is 6.96. The summed E-state index contributed by atoms with van der Waals surface area (Å²) in [5, 5.41) is 0. The zero-order valence-electron chi connectivity index (χ0n) is 10.8. The molecule has 2 aliphatic heterocycles. The zero-order chi connectivity index (χ0) is 11.3. The lowest BCUT2D eigenvalue weighted by Gasteiger charge is -2.51. The van der Waals surface area contributed by atoms with Crippen molar-refractivity contribution in [1.82, 2.24) is 4.90 Å². The molecule has 0 radical (unpaired) electrons. The Morgan fingerprint density at radius 3 is 1.93 bits per heavy atom. The first-order valence-electron chi connectivity index (χ1n) is 6.17. The lowest BCUT2D eigenvalue weighted by atomic mass is 9.68. The normalized spacial score (nSPS) is 42.2. The molecule has 2 bridgehead atoms. The second kappa shape index (κ2) is 3.46. The number of fused-ring (bicyclic) bond motifs is 2. The fourth-order valence-corrected chi connectivity index (χ4v) is 3.51. The van der Waals surface area contributed by atoms with Crippen molar-refractivity contribution in [2.45, 2.75) is 64.1 Å². The third-order valence-electron chi connectivity index (χ3n) is 4.87. The van der Waals surface area contributed by atoms with Crippen molar-refractivity contribution in [3.05, 3.63) is 0 Å². The lowest BCUT2D eigenvalue weighted by molar-refractivity contribution is -0.140. The predicted octanol–water partition coefficient (Wildman–Crippen LogP) is 2.67. The van der Waals surface area contributed by atoms with Gasteiger partial charge in [-0.2, -0.15) is 0 Å². The molecule has 2 saturated heterocycles. The van der Waals surface area contributed by atoms with Gasteiger partial charge in [0.2, 0.25) is 0 Å². The summed E-state index contributed by atoms with van der Waals surface area (Å²) in [6, 6.07) is 1.51. The van der Waals surface area contributed by atoms with E-state index in [0.29, 0.717) is 0 Å². The van der Waals surface area contributed by atoms with E-state index in [2.05, 4.69) is 32.7 Å². The second-order valence-corrected chi connectivity index (χ2v) is 6.41. The first-order valence-corrected chi connectivity index (χ1v) is 6.17. The van der Waals surface area contributed by atoms with Crippen LogP contribution in [0.3, 0.4) is 0 Å². The molecule has 0 amide bonds. The van der Waals surface area contributed by atoms with Crippen molar-refractivity contribution in [2.24, 2.45) is 5.41 Å². The van der Waals surface area contributed by atoms with Gasteiger partial charge in [-0.15, -0.1) is 0 Å². The monoisotopic (exact) mass is 211 g/mol. The van der Waals surface area contributed by atoms with Gasteiger partial charge in [-0.05, 0) is 38.1 Å². The van der Waals surface area contributed by atoms with Crippen LogP contribution in [0.1, 0.15) is 46.5 Å². The van der Waals surface area contributed by atoms with Crippen molar-refractivity contribution in [2.75, 3.05) is 14.2 Å². The summed E-state index contributed by atoms with van der Waals surface area (Å²) in [7, 11) is 4.18. The molecule has 0 aliphatic carbocycles. The minimum absolute atomic E-state index is 0.103. The molecule has 88 valence electrons. The Labute approximate surface area is 94.0 Å². The zero-order valence-corrected chi connectivity index (χ0v) is 10.8. The highest BCUT2D eigenvalue weighted by Crippen LogP contribution is 2.49. The van der Waals surface area contributed by atoms with Crippen molar-refractivity contribution < 1.29 is 4.74 Å². The van der Waals surface area contributed by atoms with Gasteiger partial charge in [0.25, 0.3) is 0 Å². The van der Waals surface area contributed by atoms with Gasteiger partial charge in [0.15, 0.2) is 0 Å². The molecule has 2 rings (SSSR count). The van der Waals surface area contributed by atoms with Crippen molar-refractivity contribution in [3.8, 4) is 0 Å². The number of rotatable bonds is 1. The smallest absolute Gasteiger partial charge is 0.0756 e. The molecule has 2 atom stereocenters. The van der Waals surface area contributed by atoms with Gasteiger partial charge in [0.1, 0.15) is 0 Å². The van der Waals surface area contributed by atoms with E-state index in [9.17, 15) is 0 Å². The summed E-state index contributed by atoms with van der Waals surface area (Å²) in [6.07, 6.45) is 5.14. The van der Waals surface area contributed by atoms with Crippen LogP contribution >= 0.6 is 0 Å². The Morgan fingerprint density at radius 1 is 1.13 bits per heavy atom. The van der Waals surface area contributed by atoms with E-state index in [4.69, 9.17) is 4.74 Å². The second-order valence-electron chi connectivity index (χ2n) is 6.41. The van der Waals surface area contributed by atoms with Gasteiger partial charge >= 0.3 is 0 Å². The van der Waals surface area contributed by atoms with Crippen LogP contribution < -0.4 is 0 Å². The molecule has 0 aromatic carbocycles. The Kier molecular flexibility index (Phi) is 2.63. The highest BCUT2D eigenvalue weighted by atomic mass is 16.5. The summed E-state index contributed by atoms with van der Waals surface area (Å²) >= 11 is 0. The fourth-order valence-electron chi connectivity index (χ4n) is 3.51. The summed E-state index contributed by atoms with van der Waals surface area (Å²) < 4.78 is 5.95. The Balaban J connectivity index is 2.24. The van der Waals surface area contributed by atoms with Gasteiger partial charge in [0, 0.05) is 19.2 Å². The van der Waals surface area contributed by atoms with E-state index in [-0.39, 0.29) is 11.0 Å². The number of methoxy groups -OCH3 is 1. The number of nitrogens with zero attached hydrogens (tertiary/aromatic N) is 1. The maximum Gasteiger partial charge on any atom is 0.0756 e. The molecule has 2 heterocycles. The van der Waals surface area contributed by atoms with Crippen LogP contribution in [0.25, 0.3) is 0 Å². The summed E-state index contributed by atoms with van der Waals surface area (Å²) in [5.74, 6) is 0. The molecule has 15 heavy (non-hydrogen) atoms. The Bertz CT molecular complexity index is 229. The maximum absolute atomic E-state index is 5.95. The lowest BCUT2D eigenvalue weighted by Crippen LogP contribution is -2.56. The molecule has 2 fully saturated rings. The highest BCUT2D eigenvalue weighted by Gasteiger charge is 2.52. The molecule has 2 heteroatoms. The van der Waals surface area contributed by atoms with Crippen LogP contribution in [-0.4, -0.2) is 36.7 Å². The maximum atomic E-state index is 5.95. The van der Waals surface area contributed by atoms with Crippen LogP contribution in [0.5, 0.6) is 0 Å². The van der Waals surface area contributed by atoms with E-state index in [0.717, 1.165) is 12.1 Å². The third kappa shape index (κ3) is 1.62. The molecule has 0 saturated carbocycles. The quantitative estimate of drug-likeness (QED) is 0.661. The highest BCUT2D eigenvalue weighted by molar-refractivity contribution is 5.06. The number of hydrogen-bond acceptors (Lipinski definition) is 2. The van der Waals surface area contributed by atoms with Crippen molar-refractivity contribution in [3.63, 3.8) is 0 Å². The Morgan fingerprint density at radius 2 is 1.60 bits per heavy atom. The van der Waals surface area contributed by atoms with Gasteiger partial charge < -0.3 is 9.64 Å². The van der Waals surface area contributed by atoms with E-state index >= 15 is 0 Å². The van der Waals surface area contributed by atoms with Crippen LogP contribution in [0.2, 0.25) is 0 Å². The average molecular weight is 211 g/mol. The van der Waals surface area contributed by atoms with Crippen LogP contribution in [0.4, 0.5) is 0 Å². The van der Waals surface area contributed by atoms with Gasteiger partial charge in [0.05, 0.1) is 5.60 Å².